The molecule has 0 aliphatic rings. The van der Waals surface area contributed by atoms with Gasteiger partial charge in [0.05, 0.1) is 15.7 Å². The minimum Gasteiger partial charge on any atom is -0.346 e. The molecular weight excluding hydrogens is 506 g/mol. The summed E-state index contributed by atoms with van der Waals surface area (Å²) in [6, 6.07) is 11.4. The second kappa shape index (κ2) is 8.60. The zero-order valence-electron chi connectivity index (χ0n) is 15.2. The number of aromatic amines is 1. The van der Waals surface area contributed by atoms with Gasteiger partial charge in [-0.15, -0.1) is 0 Å². The van der Waals surface area contributed by atoms with Gasteiger partial charge in [0.25, 0.3) is 10.0 Å². The lowest BCUT2D eigenvalue weighted by Crippen LogP contribution is -2.12. The lowest BCUT2D eigenvalue weighted by molar-refractivity contribution is 0.589. The lowest BCUT2D eigenvalue weighted by atomic mass is 10.4. The van der Waals surface area contributed by atoms with E-state index in [1.807, 2.05) is 0 Å². The van der Waals surface area contributed by atoms with Crippen LogP contribution in [0.15, 0.2) is 59.8 Å². The molecule has 13 heteroatoms. The van der Waals surface area contributed by atoms with Gasteiger partial charge in [0.15, 0.2) is 5.65 Å². The zero-order chi connectivity index (χ0) is 22.2. The average Bonchev–Trinajstić information content (AvgIpc) is 3.36. The van der Waals surface area contributed by atoms with Crippen molar-refractivity contribution in [2.75, 3.05) is 0 Å². The van der Waals surface area contributed by atoms with Gasteiger partial charge in [-0.25, -0.2) is 22.4 Å². The maximum absolute atomic E-state index is 12.5. The number of rotatable bonds is 2. The molecule has 0 saturated carbocycles. The molecule has 5 rings (SSSR count). The second-order valence-corrected chi connectivity index (χ2v) is 9.18. The summed E-state index contributed by atoms with van der Waals surface area (Å²) in [6.45, 7) is 0. The van der Waals surface area contributed by atoms with E-state index in [1.165, 1.54) is 24.4 Å². The third kappa shape index (κ3) is 4.32. The summed E-state index contributed by atoms with van der Waals surface area (Å²) >= 11 is 23.0. The molecule has 0 radical (unpaired) electrons. The van der Waals surface area contributed by atoms with Crippen LogP contribution in [0.4, 0.5) is 0 Å². The van der Waals surface area contributed by atoms with Crippen molar-refractivity contribution in [2.45, 2.75) is 4.90 Å². The van der Waals surface area contributed by atoms with Crippen LogP contribution in [0, 0.1) is 0 Å². The Bertz CT molecular complexity index is 1500. The number of H-pyrrole nitrogens is 1. The van der Waals surface area contributed by atoms with Crippen LogP contribution in [0.25, 0.3) is 22.1 Å². The van der Waals surface area contributed by atoms with Crippen LogP contribution in [-0.4, -0.2) is 37.3 Å². The number of aromatic nitrogens is 6. The summed E-state index contributed by atoms with van der Waals surface area (Å²) < 4.78 is 26.1. The van der Waals surface area contributed by atoms with Gasteiger partial charge in [0.1, 0.15) is 16.0 Å². The predicted molar refractivity (Wildman–Crippen MR) is 120 cm³/mol. The molecule has 0 fully saturated rings. The van der Waals surface area contributed by atoms with Crippen molar-refractivity contribution in [3.8, 4) is 0 Å². The molecule has 8 nitrogen and oxygen atoms in total. The molecule has 0 amide bonds. The van der Waals surface area contributed by atoms with Crippen LogP contribution in [0.5, 0.6) is 0 Å². The maximum Gasteiger partial charge on any atom is 0.269 e. The molecule has 5 aromatic rings. The SMILES string of the molecule is Clc1nc(Cl)c2cc[nH]c2n1.O=S(=O)(c1ccccc1)n1ccc2c(Cl)nc(Cl)nc21. The Balaban J connectivity index is 0.000000177. The van der Waals surface area contributed by atoms with E-state index in [1.54, 1.807) is 30.5 Å². The van der Waals surface area contributed by atoms with E-state index in [2.05, 4.69) is 24.9 Å². The van der Waals surface area contributed by atoms with Crippen molar-refractivity contribution in [1.29, 1.82) is 0 Å². The predicted octanol–water partition coefficient (Wildman–Crippen LogP) is 5.24. The fourth-order valence-corrected chi connectivity index (χ4v) is 4.90. The fourth-order valence-electron chi connectivity index (χ4n) is 2.71. The van der Waals surface area contributed by atoms with Crippen LogP contribution in [0.3, 0.4) is 0 Å². The Morgan fingerprint density at radius 1 is 0.774 bits per heavy atom. The second-order valence-electron chi connectivity index (χ2n) is 5.97. The van der Waals surface area contributed by atoms with Crippen LogP contribution < -0.4 is 0 Å². The van der Waals surface area contributed by atoms with E-state index in [9.17, 15) is 8.42 Å². The Labute approximate surface area is 195 Å². The quantitative estimate of drug-likeness (QED) is 0.254. The monoisotopic (exact) mass is 514 g/mol. The highest BCUT2D eigenvalue weighted by Gasteiger charge is 2.21. The summed E-state index contributed by atoms with van der Waals surface area (Å²) in [5, 5.41) is 1.76. The van der Waals surface area contributed by atoms with E-state index >= 15 is 0 Å². The first-order chi connectivity index (χ1) is 14.8. The highest BCUT2D eigenvalue weighted by atomic mass is 35.5. The Morgan fingerprint density at radius 3 is 2.13 bits per heavy atom. The standard InChI is InChI=1S/C12H7Cl2N3O2S.C6H3Cl2N3/c13-10-9-6-7-17(11(9)16-12(14)15-10)20(18,19)8-4-2-1-3-5-8;7-4-3-1-2-9-5(3)11-6(8)10-4/h1-7H;1-2H,(H,9,10,11). The molecule has 0 aliphatic carbocycles. The number of hydrogen-bond donors (Lipinski definition) is 1. The van der Waals surface area contributed by atoms with Crippen molar-refractivity contribution in [3.63, 3.8) is 0 Å². The van der Waals surface area contributed by atoms with Gasteiger partial charge >= 0.3 is 0 Å². The van der Waals surface area contributed by atoms with Gasteiger partial charge in [-0.2, -0.15) is 9.97 Å². The first-order valence-electron chi connectivity index (χ1n) is 8.44. The van der Waals surface area contributed by atoms with Gasteiger partial charge in [-0.05, 0) is 47.5 Å². The zero-order valence-corrected chi connectivity index (χ0v) is 19.0. The Kier molecular flexibility index (Phi) is 6.05. The summed E-state index contributed by atoms with van der Waals surface area (Å²) in [5.74, 6) is 0. The molecule has 1 N–H and O–H groups in total. The number of nitrogens with zero attached hydrogens (tertiary/aromatic N) is 5. The van der Waals surface area contributed by atoms with E-state index in [0.717, 1.165) is 9.36 Å². The highest BCUT2D eigenvalue weighted by molar-refractivity contribution is 7.90. The van der Waals surface area contributed by atoms with E-state index < -0.39 is 10.0 Å². The molecule has 0 atom stereocenters. The third-order valence-corrected chi connectivity index (χ3v) is 6.67. The number of nitrogens with one attached hydrogen (secondary N) is 1. The molecule has 0 spiro atoms. The average molecular weight is 516 g/mol. The molecule has 4 aromatic heterocycles. The smallest absolute Gasteiger partial charge is 0.269 e. The highest BCUT2D eigenvalue weighted by Crippen LogP contribution is 2.26. The number of hydrogen-bond acceptors (Lipinski definition) is 6. The van der Waals surface area contributed by atoms with E-state index in [-0.39, 0.29) is 26.3 Å². The van der Waals surface area contributed by atoms with Gasteiger partial charge < -0.3 is 4.98 Å². The van der Waals surface area contributed by atoms with Crippen LogP contribution >= 0.6 is 46.4 Å². The van der Waals surface area contributed by atoms with E-state index in [4.69, 9.17) is 46.4 Å². The Morgan fingerprint density at radius 2 is 1.42 bits per heavy atom. The lowest BCUT2D eigenvalue weighted by Gasteiger charge is -2.06. The molecule has 158 valence electrons. The molecule has 0 aliphatic heterocycles. The number of halogens is 4. The minimum atomic E-state index is -3.75. The van der Waals surface area contributed by atoms with Gasteiger partial charge in [-0.1, -0.05) is 41.4 Å². The first-order valence-corrected chi connectivity index (χ1v) is 11.4. The molecular formula is C18H10Cl4N6O2S. The molecule has 0 bridgehead atoms. The van der Waals surface area contributed by atoms with E-state index in [0.29, 0.717) is 16.2 Å². The summed E-state index contributed by atoms with van der Waals surface area (Å²) in [4.78, 5) is 18.4. The van der Waals surface area contributed by atoms with Crippen molar-refractivity contribution >= 4 is 78.5 Å². The largest absolute Gasteiger partial charge is 0.346 e. The van der Waals surface area contributed by atoms with Crippen molar-refractivity contribution in [1.82, 2.24) is 28.9 Å². The number of benzene rings is 1. The summed E-state index contributed by atoms with van der Waals surface area (Å²) in [5.41, 5.74) is 0.814. The maximum atomic E-state index is 12.5. The summed E-state index contributed by atoms with van der Waals surface area (Å²) in [7, 11) is -3.75. The van der Waals surface area contributed by atoms with Gasteiger partial charge in [0.2, 0.25) is 10.6 Å². The van der Waals surface area contributed by atoms with Crippen LogP contribution in [-0.2, 0) is 10.0 Å². The van der Waals surface area contributed by atoms with Crippen LogP contribution in [0.2, 0.25) is 20.9 Å². The molecule has 4 heterocycles. The van der Waals surface area contributed by atoms with Crippen molar-refractivity contribution < 1.29 is 8.42 Å². The molecule has 0 saturated heterocycles. The van der Waals surface area contributed by atoms with Crippen molar-refractivity contribution in [3.05, 3.63) is 75.7 Å². The fraction of sp³-hybridized carbons (Fsp3) is 0. The third-order valence-electron chi connectivity index (χ3n) is 4.08. The summed E-state index contributed by atoms with van der Waals surface area (Å²) in [6.07, 6.45) is 3.12. The van der Waals surface area contributed by atoms with Gasteiger partial charge in [-0.3, -0.25) is 0 Å². The molecule has 0 unspecified atom stereocenters. The number of fused-ring (bicyclic) bond motifs is 2. The van der Waals surface area contributed by atoms with Gasteiger partial charge in [0, 0.05) is 12.4 Å². The first kappa shape index (κ1) is 21.8. The minimum absolute atomic E-state index is 0.106. The van der Waals surface area contributed by atoms with Crippen LogP contribution in [0.1, 0.15) is 0 Å². The molecule has 1 aromatic carbocycles. The normalized spacial score (nSPS) is 11.5. The van der Waals surface area contributed by atoms with Crippen molar-refractivity contribution in [2.24, 2.45) is 0 Å². The molecule has 31 heavy (non-hydrogen) atoms. The Hall–Kier alpha value is -2.43. The topological polar surface area (TPSA) is 106 Å².